The highest BCUT2D eigenvalue weighted by atomic mass is 32.2. The molecule has 1 N–H and O–H groups in total. The normalized spacial score (nSPS) is 25.1. The molecule has 0 aromatic heterocycles. The number of nitrogens with zero attached hydrogens (tertiary/aromatic N) is 3. The van der Waals surface area contributed by atoms with Crippen molar-refractivity contribution in [2.45, 2.75) is 87.1 Å². The first-order valence-electron chi connectivity index (χ1n) is 16.7. The first kappa shape index (κ1) is 34.6. The Labute approximate surface area is 279 Å². The number of hydrogen-bond acceptors (Lipinski definition) is 7. The molecule has 3 aliphatic heterocycles. The van der Waals surface area contributed by atoms with Gasteiger partial charge >= 0.3 is 12.2 Å². The number of benzene rings is 2. The van der Waals surface area contributed by atoms with Crippen molar-refractivity contribution < 1.29 is 36.0 Å². The predicted molar refractivity (Wildman–Crippen MR) is 173 cm³/mol. The standard InChI is InChI=1S/C35H43F3N4O5S/c1-23(2)42-32(45)41(22-24-10-12-26(13-11-24)48(3,46)47)31(44)34(42)16-18-40(19-17-34)29(30(43)33(14-7-15-33)35(36,37)38)28-21-39-20-27(28)25-8-5-4-6-9-25/h4-6,8-13,23,27-29,39H,7,14-22H2,1-3H3/t27-,28-,29?/m1/s1. The van der Waals surface area contributed by atoms with Crippen LogP contribution >= 0.6 is 0 Å². The number of carbonyl (C=O) groups excluding carboxylic acids is 3. The van der Waals surface area contributed by atoms with Gasteiger partial charge < -0.3 is 10.2 Å². The van der Waals surface area contributed by atoms with E-state index in [1.54, 1.807) is 17.0 Å². The number of hydrogen-bond donors (Lipinski definition) is 1. The number of urea groups is 1. The largest absolute Gasteiger partial charge is 0.401 e. The summed E-state index contributed by atoms with van der Waals surface area (Å²) in [6.07, 6.45) is -3.28. The Morgan fingerprint density at radius 1 is 0.958 bits per heavy atom. The molecule has 2 aromatic carbocycles. The van der Waals surface area contributed by atoms with E-state index in [0.29, 0.717) is 25.1 Å². The van der Waals surface area contributed by atoms with E-state index in [4.69, 9.17) is 0 Å². The number of amides is 3. The number of halogens is 3. The quantitative estimate of drug-likeness (QED) is 0.379. The zero-order valence-corrected chi connectivity index (χ0v) is 28.3. The van der Waals surface area contributed by atoms with Gasteiger partial charge in [0.05, 0.1) is 17.5 Å². The number of Topliss-reactive ketones (excluding diaryl/α,β-unsaturated/α-hetero) is 1. The summed E-state index contributed by atoms with van der Waals surface area (Å²) in [5.41, 5.74) is -2.02. The molecule has 9 nitrogen and oxygen atoms in total. The predicted octanol–water partition coefficient (Wildman–Crippen LogP) is 4.77. The third kappa shape index (κ3) is 5.75. The van der Waals surface area contributed by atoms with Crippen molar-refractivity contribution >= 4 is 27.6 Å². The van der Waals surface area contributed by atoms with Crippen molar-refractivity contribution in [2.75, 3.05) is 32.4 Å². The van der Waals surface area contributed by atoms with Gasteiger partial charge in [-0.1, -0.05) is 48.9 Å². The monoisotopic (exact) mass is 688 g/mol. The van der Waals surface area contributed by atoms with Crippen molar-refractivity contribution in [3.63, 3.8) is 0 Å². The third-order valence-electron chi connectivity index (χ3n) is 11.2. The molecule has 6 rings (SSSR count). The highest BCUT2D eigenvalue weighted by molar-refractivity contribution is 7.90. The van der Waals surface area contributed by atoms with Gasteiger partial charge in [-0.05, 0) is 62.8 Å². The van der Waals surface area contributed by atoms with E-state index in [1.165, 1.54) is 17.0 Å². The molecule has 1 aliphatic carbocycles. The first-order valence-corrected chi connectivity index (χ1v) is 18.5. The summed E-state index contributed by atoms with van der Waals surface area (Å²) in [7, 11) is -3.42. The summed E-state index contributed by atoms with van der Waals surface area (Å²) in [6, 6.07) is 13.8. The molecule has 0 radical (unpaired) electrons. The van der Waals surface area contributed by atoms with E-state index >= 15 is 0 Å². The SMILES string of the molecule is CC(C)N1C(=O)N(Cc2ccc(S(C)(=O)=O)cc2)C(=O)C12CCN(C(C(=O)C1(C(F)(F)F)CCC1)[C@@H]1CNC[C@@H]1c1ccccc1)CC2. The number of imide groups is 1. The number of nitrogens with one attached hydrogen (secondary N) is 1. The number of carbonyl (C=O) groups is 3. The fourth-order valence-corrected chi connectivity index (χ4v) is 9.10. The van der Waals surface area contributed by atoms with Gasteiger partial charge in [-0.15, -0.1) is 0 Å². The van der Waals surface area contributed by atoms with Crippen molar-refractivity contribution in [2.24, 2.45) is 11.3 Å². The number of alkyl halides is 3. The highest BCUT2D eigenvalue weighted by Gasteiger charge is 2.66. The molecule has 48 heavy (non-hydrogen) atoms. The lowest BCUT2D eigenvalue weighted by atomic mass is 9.61. The average molecular weight is 689 g/mol. The maximum atomic E-state index is 14.6. The maximum Gasteiger partial charge on any atom is 0.401 e. The number of rotatable bonds is 9. The second-order valence-electron chi connectivity index (χ2n) is 14.2. The van der Waals surface area contributed by atoms with E-state index in [2.05, 4.69) is 5.32 Å². The number of sulfone groups is 1. The van der Waals surface area contributed by atoms with Crippen LogP contribution in [0.2, 0.25) is 0 Å². The van der Waals surface area contributed by atoms with Crippen LogP contribution in [0.15, 0.2) is 59.5 Å². The molecule has 4 aliphatic rings. The minimum atomic E-state index is -4.66. The summed E-state index contributed by atoms with van der Waals surface area (Å²) in [6.45, 7) is 4.92. The first-order chi connectivity index (χ1) is 22.6. The van der Waals surface area contributed by atoms with Crippen LogP contribution in [0.25, 0.3) is 0 Å². The smallest absolute Gasteiger partial charge is 0.316 e. The molecule has 3 heterocycles. The second kappa shape index (κ2) is 12.5. The van der Waals surface area contributed by atoms with Crippen LogP contribution in [0, 0.1) is 11.3 Å². The topological polar surface area (TPSA) is 107 Å². The van der Waals surface area contributed by atoms with Gasteiger partial charge in [0.25, 0.3) is 5.91 Å². The fourth-order valence-electron chi connectivity index (χ4n) is 8.47. The Hall–Kier alpha value is -3.29. The molecule has 1 spiro atoms. The molecular formula is C35H43F3N4O5S. The Morgan fingerprint density at radius 2 is 1.58 bits per heavy atom. The zero-order chi connectivity index (χ0) is 34.6. The Morgan fingerprint density at radius 3 is 2.10 bits per heavy atom. The van der Waals surface area contributed by atoms with E-state index in [-0.39, 0.29) is 68.1 Å². The molecule has 0 bridgehead atoms. The van der Waals surface area contributed by atoms with Gasteiger partial charge in [0.2, 0.25) is 0 Å². The minimum Gasteiger partial charge on any atom is -0.316 e. The lowest BCUT2D eigenvalue weighted by molar-refractivity contribution is -0.245. The van der Waals surface area contributed by atoms with Gasteiger partial charge in [0.1, 0.15) is 11.0 Å². The number of likely N-dealkylation sites (tertiary alicyclic amines) is 1. The molecule has 2 aromatic rings. The molecule has 260 valence electrons. The van der Waals surface area contributed by atoms with Gasteiger partial charge in [-0.3, -0.25) is 19.4 Å². The summed E-state index contributed by atoms with van der Waals surface area (Å²) in [5.74, 6) is -1.72. The van der Waals surface area contributed by atoms with Crippen LogP contribution in [-0.4, -0.2) is 97.1 Å². The Bertz CT molecular complexity index is 1650. The number of piperidine rings is 1. The summed E-state index contributed by atoms with van der Waals surface area (Å²) >= 11 is 0. The fraction of sp³-hybridized carbons (Fsp3) is 0.571. The van der Waals surface area contributed by atoms with Crippen LogP contribution < -0.4 is 5.32 Å². The summed E-state index contributed by atoms with van der Waals surface area (Å²) < 4.78 is 67.8. The maximum absolute atomic E-state index is 14.6. The average Bonchev–Trinajstić information content (AvgIpc) is 3.55. The van der Waals surface area contributed by atoms with Crippen LogP contribution in [0.5, 0.6) is 0 Å². The second-order valence-corrected chi connectivity index (χ2v) is 16.2. The highest BCUT2D eigenvalue weighted by Crippen LogP contribution is 2.56. The molecule has 1 unspecified atom stereocenters. The molecular weight excluding hydrogens is 645 g/mol. The molecule has 3 amide bonds. The van der Waals surface area contributed by atoms with Crippen LogP contribution in [0.3, 0.4) is 0 Å². The van der Waals surface area contributed by atoms with E-state index in [9.17, 15) is 36.0 Å². The van der Waals surface area contributed by atoms with Crippen molar-refractivity contribution in [1.82, 2.24) is 20.0 Å². The van der Waals surface area contributed by atoms with E-state index in [1.807, 2.05) is 49.1 Å². The molecule has 13 heteroatoms. The van der Waals surface area contributed by atoms with Crippen molar-refractivity contribution in [3.05, 3.63) is 65.7 Å². The molecule has 4 fully saturated rings. The third-order valence-corrected chi connectivity index (χ3v) is 12.3. The molecule has 1 saturated carbocycles. The van der Waals surface area contributed by atoms with Crippen molar-refractivity contribution in [1.29, 1.82) is 0 Å². The lowest BCUT2D eigenvalue weighted by Crippen LogP contribution is -2.64. The van der Waals surface area contributed by atoms with Gasteiger partial charge in [-0.25, -0.2) is 13.2 Å². The van der Waals surface area contributed by atoms with E-state index in [0.717, 1.165) is 11.8 Å². The lowest BCUT2D eigenvalue weighted by Gasteiger charge is -2.50. The van der Waals surface area contributed by atoms with Gasteiger partial charge in [-0.2, -0.15) is 13.2 Å². The Balaban J connectivity index is 1.29. The van der Waals surface area contributed by atoms with Crippen LogP contribution in [-0.2, 0) is 26.0 Å². The van der Waals surface area contributed by atoms with Gasteiger partial charge in [0.15, 0.2) is 15.6 Å². The van der Waals surface area contributed by atoms with Crippen LogP contribution in [0.4, 0.5) is 18.0 Å². The van der Waals surface area contributed by atoms with Crippen molar-refractivity contribution in [3.8, 4) is 0 Å². The number of ketones is 1. The summed E-state index contributed by atoms with van der Waals surface area (Å²) in [4.78, 5) is 47.1. The minimum absolute atomic E-state index is 0.0435. The van der Waals surface area contributed by atoms with Gasteiger partial charge in [0, 0.05) is 50.3 Å². The zero-order valence-electron chi connectivity index (χ0n) is 27.5. The van der Waals surface area contributed by atoms with E-state index < -0.39 is 50.7 Å². The van der Waals surface area contributed by atoms with Crippen LogP contribution in [0.1, 0.15) is 63.0 Å². The molecule has 3 saturated heterocycles. The molecule has 3 atom stereocenters. The Kier molecular flexibility index (Phi) is 9.04. The summed E-state index contributed by atoms with van der Waals surface area (Å²) in [5, 5.41) is 3.34.